The van der Waals surface area contributed by atoms with Crippen molar-refractivity contribution in [2.75, 3.05) is 6.54 Å². The minimum atomic E-state index is 0.148. The second kappa shape index (κ2) is 4.87. The molecule has 1 aromatic rings. The molecular formula is C11H17NO. The predicted octanol–water partition coefficient (Wildman–Crippen LogP) is 2.81. The molecule has 1 aromatic heterocycles. The minimum Gasteiger partial charge on any atom is -0.467 e. The van der Waals surface area contributed by atoms with Crippen molar-refractivity contribution in [3.8, 4) is 0 Å². The van der Waals surface area contributed by atoms with Crippen LogP contribution in [-0.2, 0) is 0 Å². The molecule has 0 spiro atoms. The lowest BCUT2D eigenvalue weighted by atomic mass is 10.1. The minimum absolute atomic E-state index is 0.148. The summed E-state index contributed by atoms with van der Waals surface area (Å²) >= 11 is 0. The van der Waals surface area contributed by atoms with Crippen molar-refractivity contribution in [1.29, 1.82) is 0 Å². The number of hydrogen-bond donors (Lipinski definition) is 1. The zero-order chi connectivity index (χ0) is 9.68. The van der Waals surface area contributed by atoms with Crippen LogP contribution in [0.5, 0.6) is 0 Å². The van der Waals surface area contributed by atoms with Gasteiger partial charge in [0, 0.05) is 0 Å². The molecule has 0 saturated carbocycles. The summed E-state index contributed by atoms with van der Waals surface area (Å²) < 4.78 is 5.38. The molecule has 0 radical (unpaired) electrons. The third-order valence-corrected chi connectivity index (χ3v) is 2.03. The van der Waals surface area contributed by atoms with Gasteiger partial charge < -0.3 is 9.73 Å². The van der Waals surface area contributed by atoms with Crippen LogP contribution in [-0.4, -0.2) is 6.54 Å². The summed E-state index contributed by atoms with van der Waals surface area (Å²) in [5.74, 6) is 0.975. The summed E-state index contributed by atoms with van der Waals surface area (Å²) in [4.78, 5) is 0. The van der Waals surface area contributed by atoms with E-state index in [0.717, 1.165) is 18.7 Å². The molecule has 1 unspecified atom stereocenters. The third kappa shape index (κ3) is 2.46. The highest BCUT2D eigenvalue weighted by Crippen LogP contribution is 2.19. The van der Waals surface area contributed by atoms with Crippen molar-refractivity contribution in [2.45, 2.75) is 26.3 Å². The van der Waals surface area contributed by atoms with E-state index in [1.165, 1.54) is 5.56 Å². The molecule has 2 nitrogen and oxygen atoms in total. The summed E-state index contributed by atoms with van der Waals surface area (Å²) in [6.07, 6.45) is 4.71. The Kier molecular flexibility index (Phi) is 3.77. The first-order valence-electron chi connectivity index (χ1n) is 4.69. The smallest absolute Gasteiger partial charge is 0.127 e. The van der Waals surface area contributed by atoms with Crippen LogP contribution in [0.25, 0.3) is 0 Å². The number of rotatable bonds is 5. The molecule has 72 valence electrons. The summed E-state index contributed by atoms with van der Waals surface area (Å²) in [5, 5.41) is 3.35. The second-order valence-corrected chi connectivity index (χ2v) is 3.14. The first-order chi connectivity index (χ1) is 6.29. The summed E-state index contributed by atoms with van der Waals surface area (Å²) in [5.41, 5.74) is 1.17. The van der Waals surface area contributed by atoms with E-state index in [9.17, 15) is 0 Å². The quantitative estimate of drug-likeness (QED) is 0.703. The van der Waals surface area contributed by atoms with Gasteiger partial charge in [0.2, 0.25) is 0 Å². The fraction of sp³-hybridized carbons (Fsp3) is 0.455. The lowest BCUT2D eigenvalue weighted by molar-refractivity contribution is 0.450. The molecule has 0 aliphatic heterocycles. The molecule has 0 aliphatic carbocycles. The van der Waals surface area contributed by atoms with E-state index in [4.69, 9.17) is 4.42 Å². The SMILES string of the molecule is C=CC(NCCC)c1occc1C. The van der Waals surface area contributed by atoms with Crippen molar-refractivity contribution in [1.82, 2.24) is 5.32 Å². The molecule has 1 heterocycles. The normalized spacial score (nSPS) is 12.8. The van der Waals surface area contributed by atoms with Gasteiger partial charge >= 0.3 is 0 Å². The number of hydrogen-bond acceptors (Lipinski definition) is 2. The van der Waals surface area contributed by atoms with E-state index in [0.29, 0.717) is 0 Å². The van der Waals surface area contributed by atoms with Crippen LogP contribution in [0.15, 0.2) is 29.4 Å². The zero-order valence-corrected chi connectivity index (χ0v) is 8.34. The summed E-state index contributed by atoms with van der Waals surface area (Å²) in [6.45, 7) is 8.96. The highest BCUT2D eigenvalue weighted by Gasteiger charge is 2.11. The Hall–Kier alpha value is -1.02. The molecular weight excluding hydrogens is 162 g/mol. The lowest BCUT2D eigenvalue weighted by Gasteiger charge is -2.12. The molecule has 1 rings (SSSR count). The summed E-state index contributed by atoms with van der Waals surface area (Å²) in [7, 11) is 0. The standard InChI is InChI=1S/C11H17NO/c1-4-7-12-10(5-2)11-9(3)6-8-13-11/h5-6,8,10,12H,2,4,7H2,1,3H3. The molecule has 1 N–H and O–H groups in total. The van der Waals surface area contributed by atoms with Crippen LogP contribution in [0, 0.1) is 6.92 Å². The van der Waals surface area contributed by atoms with Crippen LogP contribution >= 0.6 is 0 Å². The average Bonchev–Trinajstić information content (AvgIpc) is 2.54. The van der Waals surface area contributed by atoms with Crippen molar-refractivity contribution in [3.05, 3.63) is 36.3 Å². The van der Waals surface area contributed by atoms with Crippen LogP contribution in [0.4, 0.5) is 0 Å². The van der Waals surface area contributed by atoms with E-state index in [2.05, 4.69) is 18.8 Å². The average molecular weight is 179 g/mol. The monoisotopic (exact) mass is 179 g/mol. The van der Waals surface area contributed by atoms with E-state index >= 15 is 0 Å². The van der Waals surface area contributed by atoms with Gasteiger partial charge in [-0.25, -0.2) is 0 Å². The molecule has 0 bridgehead atoms. The predicted molar refractivity (Wildman–Crippen MR) is 54.7 cm³/mol. The molecule has 0 amide bonds. The highest BCUT2D eigenvalue weighted by atomic mass is 16.3. The highest BCUT2D eigenvalue weighted by molar-refractivity contribution is 5.21. The van der Waals surface area contributed by atoms with Gasteiger partial charge in [-0.15, -0.1) is 6.58 Å². The zero-order valence-electron chi connectivity index (χ0n) is 8.34. The fourth-order valence-corrected chi connectivity index (χ4v) is 1.29. The van der Waals surface area contributed by atoms with Crippen LogP contribution in [0.2, 0.25) is 0 Å². The molecule has 2 heteroatoms. The fourth-order valence-electron chi connectivity index (χ4n) is 1.29. The van der Waals surface area contributed by atoms with Crippen molar-refractivity contribution < 1.29 is 4.42 Å². The van der Waals surface area contributed by atoms with Gasteiger partial charge in [-0.05, 0) is 31.5 Å². The van der Waals surface area contributed by atoms with E-state index in [1.807, 2.05) is 19.1 Å². The molecule has 1 atom stereocenters. The van der Waals surface area contributed by atoms with Gasteiger partial charge in [0.1, 0.15) is 5.76 Å². The maximum absolute atomic E-state index is 5.38. The first kappa shape index (κ1) is 10.1. The Balaban J connectivity index is 2.66. The van der Waals surface area contributed by atoms with Crippen LogP contribution in [0.3, 0.4) is 0 Å². The van der Waals surface area contributed by atoms with Gasteiger partial charge in [0.05, 0.1) is 12.3 Å². The Morgan fingerprint density at radius 1 is 1.69 bits per heavy atom. The van der Waals surface area contributed by atoms with Crippen molar-refractivity contribution >= 4 is 0 Å². The summed E-state index contributed by atoms with van der Waals surface area (Å²) in [6, 6.07) is 2.12. The maximum Gasteiger partial charge on any atom is 0.127 e. The Bertz CT molecular complexity index is 265. The van der Waals surface area contributed by atoms with Gasteiger partial charge in [-0.3, -0.25) is 0 Å². The Morgan fingerprint density at radius 2 is 2.46 bits per heavy atom. The van der Waals surface area contributed by atoms with Gasteiger partial charge in [0.15, 0.2) is 0 Å². The van der Waals surface area contributed by atoms with E-state index in [-0.39, 0.29) is 6.04 Å². The largest absolute Gasteiger partial charge is 0.467 e. The van der Waals surface area contributed by atoms with E-state index in [1.54, 1.807) is 6.26 Å². The first-order valence-corrected chi connectivity index (χ1v) is 4.69. The van der Waals surface area contributed by atoms with Crippen LogP contribution < -0.4 is 5.32 Å². The molecule has 0 aliphatic rings. The molecule has 0 saturated heterocycles. The van der Waals surface area contributed by atoms with Gasteiger partial charge in [-0.2, -0.15) is 0 Å². The van der Waals surface area contributed by atoms with Crippen LogP contribution in [0.1, 0.15) is 30.7 Å². The van der Waals surface area contributed by atoms with Crippen molar-refractivity contribution in [3.63, 3.8) is 0 Å². The molecule has 13 heavy (non-hydrogen) atoms. The third-order valence-electron chi connectivity index (χ3n) is 2.03. The molecule has 0 fully saturated rings. The number of nitrogens with one attached hydrogen (secondary N) is 1. The number of aryl methyl sites for hydroxylation is 1. The van der Waals surface area contributed by atoms with E-state index < -0.39 is 0 Å². The Labute approximate surface area is 79.6 Å². The Morgan fingerprint density at radius 3 is 2.92 bits per heavy atom. The van der Waals surface area contributed by atoms with Crippen molar-refractivity contribution in [2.24, 2.45) is 0 Å². The topological polar surface area (TPSA) is 25.2 Å². The number of furan rings is 1. The lowest BCUT2D eigenvalue weighted by Crippen LogP contribution is -2.20. The van der Waals surface area contributed by atoms with Gasteiger partial charge in [0.25, 0.3) is 0 Å². The molecule has 0 aromatic carbocycles. The second-order valence-electron chi connectivity index (χ2n) is 3.14. The maximum atomic E-state index is 5.38. The van der Waals surface area contributed by atoms with Gasteiger partial charge in [-0.1, -0.05) is 13.0 Å².